The van der Waals surface area contributed by atoms with Crippen molar-refractivity contribution in [1.29, 1.82) is 0 Å². The molecule has 0 amide bonds. The molecule has 1 rings (SSSR count). The Kier molecular flexibility index (Phi) is 5.44. The van der Waals surface area contributed by atoms with Crippen LogP contribution in [-0.2, 0) is 9.53 Å². The van der Waals surface area contributed by atoms with Gasteiger partial charge in [0.15, 0.2) is 0 Å². The van der Waals surface area contributed by atoms with Crippen molar-refractivity contribution in [1.82, 2.24) is 5.32 Å². The van der Waals surface area contributed by atoms with E-state index in [0.717, 1.165) is 25.8 Å². The van der Waals surface area contributed by atoms with Crippen LogP contribution in [-0.4, -0.2) is 25.7 Å². The maximum absolute atomic E-state index is 11.8. The predicted molar refractivity (Wildman–Crippen MR) is 69.8 cm³/mol. The van der Waals surface area contributed by atoms with Gasteiger partial charge in [0.25, 0.3) is 0 Å². The molecule has 0 radical (unpaired) electrons. The lowest BCUT2D eigenvalue weighted by Gasteiger charge is -2.25. The molecule has 0 saturated heterocycles. The first-order valence-electron chi connectivity index (χ1n) is 6.75. The van der Waals surface area contributed by atoms with E-state index in [1.165, 1.54) is 20.0 Å². The van der Waals surface area contributed by atoms with Gasteiger partial charge in [0.05, 0.1) is 7.11 Å². The van der Waals surface area contributed by atoms with Gasteiger partial charge in [-0.2, -0.15) is 0 Å². The van der Waals surface area contributed by atoms with E-state index >= 15 is 0 Å². The van der Waals surface area contributed by atoms with E-state index in [1.54, 1.807) is 0 Å². The van der Waals surface area contributed by atoms with Gasteiger partial charge in [0, 0.05) is 0 Å². The van der Waals surface area contributed by atoms with Crippen molar-refractivity contribution in [3.63, 3.8) is 0 Å². The summed E-state index contributed by atoms with van der Waals surface area (Å²) in [5.74, 6) is 0.383. The van der Waals surface area contributed by atoms with Crippen LogP contribution in [0.4, 0.5) is 0 Å². The van der Waals surface area contributed by atoms with Crippen LogP contribution in [0.2, 0.25) is 0 Å². The molecule has 0 bridgehead atoms. The zero-order chi connectivity index (χ0) is 12.9. The van der Waals surface area contributed by atoms with E-state index in [1.807, 2.05) is 0 Å². The lowest BCUT2D eigenvalue weighted by atomic mass is 9.91. The molecule has 0 aromatic heterocycles. The summed E-state index contributed by atoms with van der Waals surface area (Å²) < 4.78 is 4.91. The number of hydrogen-bond donors (Lipinski definition) is 1. The Morgan fingerprint density at radius 1 is 1.35 bits per heavy atom. The van der Waals surface area contributed by atoms with Crippen molar-refractivity contribution in [3.8, 4) is 0 Å². The lowest BCUT2D eigenvalue weighted by molar-refractivity contribution is -0.144. The highest BCUT2D eigenvalue weighted by molar-refractivity contribution is 5.76. The zero-order valence-electron chi connectivity index (χ0n) is 11.7. The minimum absolute atomic E-state index is 0.0918. The Balaban J connectivity index is 2.43. The molecule has 0 aromatic rings. The van der Waals surface area contributed by atoms with E-state index in [4.69, 9.17) is 4.74 Å². The van der Waals surface area contributed by atoms with Crippen molar-refractivity contribution in [2.24, 2.45) is 11.3 Å². The number of ether oxygens (including phenoxy) is 1. The third-order valence-electron chi connectivity index (χ3n) is 3.57. The highest BCUT2D eigenvalue weighted by Crippen LogP contribution is 2.28. The largest absolute Gasteiger partial charge is 0.468 e. The Bertz CT molecular complexity index is 239. The quantitative estimate of drug-likeness (QED) is 0.752. The molecule has 0 aromatic carbocycles. The summed E-state index contributed by atoms with van der Waals surface area (Å²) >= 11 is 0. The number of esters is 1. The van der Waals surface area contributed by atoms with E-state index in [-0.39, 0.29) is 12.0 Å². The molecule has 1 unspecified atom stereocenters. The summed E-state index contributed by atoms with van der Waals surface area (Å²) in [6.45, 7) is 7.55. The SMILES string of the molecule is COC(=O)C(NCCC(C)(C)C)C1CCCC1. The molecular weight excluding hydrogens is 214 g/mol. The van der Waals surface area contributed by atoms with E-state index in [9.17, 15) is 4.79 Å². The standard InChI is InChI=1S/C14H27NO2/c1-14(2,3)9-10-15-12(13(16)17-4)11-7-5-6-8-11/h11-12,15H,5-10H2,1-4H3. The second kappa shape index (κ2) is 6.39. The van der Waals surface area contributed by atoms with Crippen LogP contribution < -0.4 is 5.32 Å². The summed E-state index contributed by atoms with van der Waals surface area (Å²) in [5, 5.41) is 3.39. The summed E-state index contributed by atoms with van der Waals surface area (Å²) in [6.07, 6.45) is 5.88. The number of carbonyl (C=O) groups is 1. The van der Waals surface area contributed by atoms with Crippen LogP contribution in [0.1, 0.15) is 52.9 Å². The molecule has 17 heavy (non-hydrogen) atoms. The predicted octanol–water partition coefficient (Wildman–Crippen LogP) is 2.74. The Hall–Kier alpha value is -0.570. The third kappa shape index (κ3) is 5.07. The first-order chi connectivity index (χ1) is 7.94. The van der Waals surface area contributed by atoms with Crippen LogP contribution in [0.5, 0.6) is 0 Å². The molecule has 1 aliphatic carbocycles. The number of rotatable bonds is 5. The van der Waals surface area contributed by atoms with Gasteiger partial charge in [0.2, 0.25) is 0 Å². The lowest BCUT2D eigenvalue weighted by Crippen LogP contribution is -2.43. The van der Waals surface area contributed by atoms with Crippen LogP contribution in [0.3, 0.4) is 0 Å². The van der Waals surface area contributed by atoms with Gasteiger partial charge in [-0.05, 0) is 37.1 Å². The van der Waals surface area contributed by atoms with Crippen molar-refractivity contribution < 1.29 is 9.53 Å². The molecule has 3 heteroatoms. The number of carbonyl (C=O) groups excluding carboxylic acids is 1. The molecule has 1 fully saturated rings. The van der Waals surface area contributed by atoms with E-state index in [0.29, 0.717) is 11.3 Å². The molecule has 0 aliphatic heterocycles. The van der Waals surface area contributed by atoms with Crippen LogP contribution in [0.15, 0.2) is 0 Å². The van der Waals surface area contributed by atoms with Gasteiger partial charge in [-0.25, -0.2) is 0 Å². The molecule has 1 N–H and O–H groups in total. The highest BCUT2D eigenvalue weighted by Gasteiger charge is 2.31. The van der Waals surface area contributed by atoms with Crippen molar-refractivity contribution >= 4 is 5.97 Å². The van der Waals surface area contributed by atoms with E-state index < -0.39 is 0 Å². The van der Waals surface area contributed by atoms with Gasteiger partial charge in [-0.15, -0.1) is 0 Å². The van der Waals surface area contributed by atoms with Crippen molar-refractivity contribution in [3.05, 3.63) is 0 Å². The van der Waals surface area contributed by atoms with E-state index in [2.05, 4.69) is 26.1 Å². The molecule has 3 nitrogen and oxygen atoms in total. The highest BCUT2D eigenvalue weighted by atomic mass is 16.5. The number of nitrogens with one attached hydrogen (secondary N) is 1. The van der Waals surface area contributed by atoms with Crippen LogP contribution >= 0.6 is 0 Å². The first kappa shape index (κ1) is 14.5. The zero-order valence-corrected chi connectivity index (χ0v) is 11.7. The average Bonchev–Trinajstić information content (AvgIpc) is 2.75. The van der Waals surface area contributed by atoms with Crippen LogP contribution in [0, 0.1) is 11.3 Å². The Morgan fingerprint density at radius 2 is 1.94 bits per heavy atom. The first-order valence-corrected chi connectivity index (χ1v) is 6.75. The van der Waals surface area contributed by atoms with Crippen LogP contribution in [0.25, 0.3) is 0 Å². The van der Waals surface area contributed by atoms with Gasteiger partial charge in [-0.1, -0.05) is 33.6 Å². The third-order valence-corrected chi connectivity index (χ3v) is 3.57. The minimum atomic E-state index is -0.0927. The number of hydrogen-bond acceptors (Lipinski definition) is 3. The van der Waals surface area contributed by atoms with Crippen molar-refractivity contribution in [2.45, 2.75) is 58.9 Å². The number of methoxy groups -OCH3 is 1. The topological polar surface area (TPSA) is 38.3 Å². The maximum Gasteiger partial charge on any atom is 0.323 e. The fourth-order valence-electron chi connectivity index (χ4n) is 2.46. The second-order valence-corrected chi connectivity index (χ2v) is 6.31. The van der Waals surface area contributed by atoms with Gasteiger partial charge >= 0.3 is 5.97 Å². The summed E-state index contributed by atoms with van der Waals surface area (Å²) in [7, 11) is 1.48. The molecule has 1 aliphatic rings. The summed E-state index contributed by atoms with van der Waals surface area (Å²) in [6, 6.07) is -0.0927. The molecule has 0 heterocycles. The van der Waals surface area contributed by atoms with Crippen molar-refractivity contribution in [2.75, 3.05) is 13.7 Å². The smallest absolute Gasteiger partial charge is 0.323 e. The molecule has 1 atom stereocenters. The molecule has 1 saturated carbocycles. The second-order valence-electron chi connectivity index (χ2n) is 6.31. The van der Waals surface area contributed by atoms with Gasteiger partial charge < -0.3 is 10.1 Å². The Labute approximate surface area is 105 Å². The molecular formula is C14H27NO2. The van der Waals surface area contributed by atoms with Gasteiger partial charge in [-0.3, -0.25) is 4.79 Å². The fraction of sp³-hybridized carbons (Fsp3) is 0.929. The minimum Gasteiger partial charge on any atom is -0.468 e. The molecule has 0 spiro atoms. The Morgan fingerprint density at radius 3 is 2.41 bits per heavy atom. The fourth-order valence-corrected chi connectivity index (χ4v) is 2.46. The maximum atomic E-state index is 11.8. The summed E-state index contributed by atoms with van der Waals surface area (Å²) in [5.41, 5.74) is 0.309. The molecule has 100 valence electrons. The van der Waals surface area contributed by atoms with Gasteiger partial charge in [0.1, 0.15) is 6.04 Å². The summed E-state index contributed by atoms with van der Waals surface area (Å²) in [4.78, 5) is 11.8. The normalized spacial score (nSPS) is 19.3. The monoisotopic (exact) mass is 241 g/mol. The average molecular weight is 241 g/mol.